The number of hydrogen-bond acceptors (Lipinski definition) is 4. The smallest absolute Gasteiger partial charge is 0.325 e. The van der Waals surface area contributed by atoms with Crippen molar-refractivity contribution in [2.24, 2.45) is 11.8 Å². The van der Waals surface area contributed by atoms with Crippen LogP contribution in [0.1, 0.15) is 38.6 Å². The second-order valence-electron chi connectivity index (χ2n) is 5.03. The van der Waals surface area contributed by atoms with Gasteiger partial charge in [-0.3, -0.25) is 9.48 Å². The fourth-order valence-electron chi connectivity index (χ4n) is 2.92. The van der Waals surface area contributed by atoms with Crippen molar-refractivity contribution in [2.75, 3.05) is 6.61 Å². The molecule has 0 aromatic carbocycles. The van der Waals surface area contributed by atoms with Crippen LogP contribution in [-0.4, -0.2) is 22.4 Å². The molecule has 1 fully saturated rings. The molecule has 6 heteroatoms. The minimum atomic E-state index is -0.801. The molecule has 0 bridgehead atoms. The van der Waals surface area contributed by atoms with E-state index in [-0.39, 0.29) is 12.6 Å². The Morgan fingerprint density at radius 1 is 1.65 bits per heavy atom. The Morgan fingerprint density at radius 3 is 2.85 bits per heavy atom. The molecule has 0 saturated heterocycles. The lowest BCUT2D eigenvalue weighted by Gasteiger charge is -2.26. The molecule has 5 nitrogen and oxygen atoms in total. The summed E-state index contributed by atoms with van der Waals surface area (Å²) in [6, 6.07) is 1.88. The zero-order valence-corrected chi connectivity index (χ0v) is 13.0. The topological polar surface area (TPSA) is 67.9 Å². The number of nitrogens with zero attached hydrogens (tertiary/aromatic N) is 3. The van der Waals surface area contributed by atoms with Gasteiger partial charge in [0.25, 0.3) is 0 Å². The summed E-state index contributed by atoms with van der Waals surface area (Å²) in [5.41, 5.74) is 0. The lowest BCUT2D eigenvalue weighted by molar-refractivity contribution is -0.148. The molecule has 1 aromatic heterocycles. The molecule has 0 amide bonds. The highest BCUT2D eigenvalue weighted by Gasteiger charge is 2.38. The van der Waals surface area contributed by atoms with Crippen molar-refractivity contribution in [3.63, 3.8) is 0 Å². The van der Waals surface area contributed by atoms with Crippen molar-refractivity contribution in [1.82, 2.24) is 9.78 Å². The third kappa shape index (κ3) is 3.21. The molecule has 20 heavy (non-hydrogen) atoms. The van der Waals surface area contributed by atoms with E-state index in [1.807, 2.05) is 6.20 Å². The summed E-state index contributed by atoms with van der Waals surface area (Å²) >= 11 is 3.37. The Labute approximate surface area is 127 Å². The van der Waals surface area contributed by atoms with E-state index in [2.05, 4.69) is 27.1 Å². The first-order chi connectivity index (χ1) is 9.67. The number of aromatic nitrogens is 2. The van der Waals surface area contributed by atoms with Crippen LogP contribution in [0.25, 0.3) is 0 Å². The van der Waals surface area contributed by atoms with E-state index in [9.17, 15) is 10.1 Å². The predicted octanol–water partition coefficient (Wildman–Crippen LogP) is 3.08. The molecule has 0 N–H and O–H groups in total. The maximum Gasteiger partial charge on any atom is 0.325 e. The fourth-order valence-corrected chi connectivity index (χ4v) is 3.22. The van der Waals surface area contributed by atoms with E-state index in [0.29, 0.717) is 5.92 Å². The first kappa shape index (κ1) is 15.0. The van der Waals surface area contributed by atoms with Crippen molar-refractivity contribution in [1.29, 1.82) is 5.26 Å². The number of halogens is 1. The molecule has 1 saturated carbocycles. The molecule has 1 heterocycles. The van der Waals surface area contributed by atoms with Gasteiger partial charge in [0.2, 0.25) is 0 Å². The second-order valence-corrected chi connectivity index (χ2v) is 5.95. The fraction of sp³-hybridized carbons (Fsp3) is 0.643. The molecule has 2 atom stereocenters. The van der Waals surface area contributed by atoms with Gasteiger partial charge in [-0.05, 0) is 41.6 Å². The van der Waals surface area contributed by atoms with Crippen molar-refractivity contribution in [3.8, 4) is 6.07 Å². The predicted molar refractivity (Wildman–Crippen MR) is 76.7 cm³/mol. The van der Waals surface area contributed by atoms with E-state index in [0.717, 1.165) is 30.2 Å². The molecular weight excluding hydrogens is 322 g/mol. The van der Waals surface area contributed by atoms with Crippen LogP contribution in [0.5, 0.6) is 0 Å². The monoisotopic (exact) mass is 339 g/mol. The van der Waals surface area contributed by atoms with Gasteiger partial charge in [-0.15, -0.1) is 0 Å². The molecule has 0 spiro atoms. The van der Waals surface area contributed by atoms with Gasteiger partial charge in [-0.25, -0.2) is 0 Å². The highest BCUT2D eigenvalue weighted by molar-refractivity contribution is 9.10. The maximum atomic E-state index is 12.1. The number of carbonyl (C=O) groups excluding carboxylic acids is 1. The quantitative estimate of drug-likeness (QED) is 0.773. The molecule has 2 rings (SSSR count). The van der Waals surface area contributed by atoms with E-state index < -0.39 is 11.9 Å². The summed E-state index contributed by atoms with van der Waals surface area (Å²) in [4.78, 5) is 12.1. The zero-order chi connectivity index (χ0) is 14.5. The molecule has 0 aliphatic heterocycles. The lowest BCUT2D eigenvalue weighted by atomic mass is 9.88. The molecular formula is C14H18BrN3O2. The van der Waals surface area contributed by atoms with Crippen LogP contribution >= 0.6 is 15.9 Å². The summed E-state index contributed by atoms with van der Waals surface area (Å²) in [6.45, 7) is 2.04. The Hall–Kier alpha value is -1.35. The Bertz CT molecular complexity index is 503. The normalized spacial score (nSPS) is 18.4. The molecule has 108 valence electrons. The van der Waals surface area contributed by atoms with Gasteiger partial charge in [-0.2, -0.15) is 10.4 Å². The number of ether oxygens (including phenoxy) is 1. The van der Waals surface area contributed by atoms with Crippen molar-refractivity contribution >= 4 is 21.9 Å². The minimum Gasteiger partial charge on any atom is -0.465 e. The molecule has 1 aromatic rings. The highest BCUT2D eigenvalue weighted by Crippen LogP contribution is 2.39. The molecule has 1 aliphatic carbocycles. The molecule has 0 radical (unpaired) electrons. The number of carbonyl (C=O) groups is 1. The Kier molecular flexibility index (Phi) is 5.18. The standard InChI is InChI=1S/C14H18BrN3O2/c1-2-20-14(19)12(7-16)13(10-5-3-4-6-10)18-9-11(15)8-17-18/h8-10,12-13H,2-6H2,1H3/t12-,13?/m0/s1. The van der Waals surface area contributed by atoms with Crippen molar-refractivity contribution in [2.45, 2.75) is 38.6 Å². The van der Waals surface area contributed by atoms with E-state index in [1.165, 1.54) is 0 Å². The van der Waals surface area contributed by atoms with Crippen LogP contribution in [0, 0.1) is 23.2 Å². The van der Waals surface area contributed by atoms with E-state index in [4.69, 9.17) is 4.74 Å². The third-order valence-electron chi connectivity index (χ3n) is 3.78. The zero-order valence-electron chi connectivity index (χ0n) is 11.5. The summed E-state index contributed by atoms with van der Waals surface area (Å²) in [5.74, 6) is -0.945. The van der Waals surface area contributed by atoms with Gasteiger partial charge in [0, 0.05) is 6.20 Å². The summed E-state index contributed by atoms with van der Waals surface area (Å²) in [5, 5.41) is 13.7. The lowest BCUT2D eigenvalue weighted by Crippen LogP contribution is -2.32. The minimum absolute atomic E-state index is 0.243. The second kappa shape index (κ2) is 6.89. The summed E-state index contributed by atoms with van der Waals surface area (Å²) < 4.78 is 7.64. The number of esters is 1. The van der Waals surface area contributed by atoms with Crippen molar-refractivity contribution < 1.29 is 9.53 Å². The Balaban J connectivity index is 2.29. The number of rotatable bonds is 5. The van der Waals surface area contributed by atoms with Gasteiger partial charge in [0.1, 0.15) is 0 Å². The highest BCUT2D eigenvalue weighted by atomic mass is 79.9. The van der Waals surface area contributed by atoms with Gasteiger partial charge >= 0.3 is 5.97 Å². The van der Waals surface area contributed by atoms with E-state index in [1.54, 1.807) is 17.8 Å². The van der Waals surface area contributed by atoms with Crippen LogP contribution in [0.3, 0.4) is 0 Å². The first-order valence-corrected chi connectivity index (χ1v) is 7.72. The molecule has 1 aliphatic rings. The Morgan fingerprint density at radius 2 is 2.35 bits per heavy atom. The maximum absolute atomic E-state index is 12.1. The third-order valence-corrected chi connectivity index (χ3v) is 4.19. The number of hydrogen-bond donors (Lipinski definition) is 0. The largest absolute Gasteiger partial charge is 0.465 e. The first-order valence-electron chi connectivity index (χ1n) is 6.93. The van der Waals surface area contributed by atoms with Crippen LogP contribution in [0.2, 0.25) is 0 Å². The average molecular weight is 340 g/mol. The van der Waals surface area contributed by atoms with Gasteiger partial charge in [-0.1, -0.05) is 12.8 Å². The van der Waals surface area contributed by atoms with Crippen LogP contribution < -0.4 is 0 Å². The van der Waals surface area contributed by atoms with Gasteiger partial charge in [0.15, 0.2) is 5.92 Å². The molecule has 1 unspecified atom stereocenters. The van der Waals surface area contributed by atoms with Gasteiger partial charge in [0.05, 0.1) is 29.4 Å². The number of nitriles is 1. The van der Waals surface area contributed by atoms with Gasteiger partial charge < -0.3 is 4.74 Å². The average Bonchev–Trinajstić information content (AvgIpc) is 3.07. The van der Waals surface area contributed by atoms with E-state index >= 15 is 0 Å². The van der Waals surface area contributed by atoms with Crippen LogP contribution in [-0.2, 0) is 9.53 Å². The van der Waals surface area contributed by atoms with Crippen molar-refractivity contribution in [3.05, 3.63) is 16.9 Å². The summed E-state index contributed by atoms with van der Waals surface area (Å²) in [6.07, 6.45) is 7.85. The van der Waals surface area contributed by atoms with Crippen LogP contribution in [0.4, 0.5) is 0 Å². The SMILES string of the molecule is CCOC(=O)[C@@H](C#N)C(C1CCCC1)n1cc(Br)cn1. The van der Waals surface area contributed by atoms with Crippen LogP contribution in [0.15, 0.2) is 16.9 Å². The summed E-state index contributed by atoms with van der Waals surface area (Å²) in [7, 11) is 0.